The highest BCUT2D eigenvalue weighted by Crippen LogP contribution is 2.41. The van der Waals surface area contributed by atoms with Gasteiger partial charge in [-0.3, -0.25) is 4.90 Å². The first-order valence-corrected chi connectivity index (χ1v) is 17.0. The molecule has 0 saturated heterocycles. The van der Waals surface area contributed by atoms with Crippen LogP contribution in [0, 0.1) is 18.3 Å². The van der Waals surface area contributed by atoms with Crippen molar-refractivity contribution in [3.8, 4) is 17.6 Å². The van der Waals surface area contributed by atoms with Gasteiger partial charge in [-0.2, -0.15) is 5.26 Å². The van der Waals surface area contributed by atoms with E-state index in [4.69, 9.17) is 19.3 Å². The van der Waals surface area contributed by atoms with Gasteiger partial charge in [-0.05, 0) is 39.8 Å². The van der Waals surface area contributed by atoms with Crippen LogP contribution in [0.15, 0.2) is 57.6 Å². The SMILES string of the molecule is COc1cc(S(=O)(=O)CCN(CCO)C(C)(C)C)c(OC)cc1/N=N/c1c(Nc2ccccc2)nc(NCCOCCO)c(C#N)c1C. The average molecular weight is 684 g/mol. The van der Waals surface area contributed by atoms with Crippen molar-refractivity contribution in [1.29, 1.82) is 5.26 Å². The molecule has 4 N–H and O–H groups in total. The summed E-state index contributed by atoms with van der Waals surface area (Å²) in [6, 6.07) is 14.3. The van der Waals surface area contributed by atoms with Crippen LogP contribution >= 0.6 is 0 Å². The fourth-order valence-corrected chi connectivity index (χ4v) is 6.17. The number of sulfone groups is 1. The number of ether oxygens (including phenoxy) is 3. The number of nitrogens with one attached hydrogen (secondary N) is 2. The molecule has 0 aliphatic heterocycles. The summed E-state index contributed by atoms with van der Waals surface area (Å²) in [7, 11) is -1.09. The number of pyridine rings is 1. The lowest BCUT2D eigenvalue weighted by Gasteiger charge is -2.35. The van der Waals surface area contributed by atoms with Crippen LogP contribution in [0.5, 0.6) is 11.5 Å². The molecule has 260 valence electrons. The Hall–Kier alpha value is -4.33. The second kappa shape index (κ2) is 17.7. The first kappa shape index (κ1) is 38.1. The second-order valence-corrected chi connectivity index (χ2v) is 13.7. The lowest BCUT2D eigenvalue weighted by molar-refractivity contribution is 0.0992. The molecule has 1 heterocycles. The van der Waals surface area contributed by atoms with E-state index in [-0.39, 0.29) is 71.0 Å². The van der Waals surface area contributed by atoms with Gasteiger partial charge in [-0.25, -0.2) is 13.4 Å². The minimum absolute atomic E-state index is 0.0619. The van der Waals surface area contributed by atoms with Gasteiger partial charge < -0.3 is 35.1 Å². The summed E-state index contributed by atoms with van der Waals surface area (Å²) >= 11 is 0. The molecule has 0 amide bonds. The number of azo groups is 1. The standard InChI is InChI=1S/C33H45N7O7S/c1-23-25(22-34)31(35-12-17-47-18-16-42)37-32(36-24-10-8-7-9-11-24)30(23)39-38-26-20-28(46-6)29(21-27(26)45-5)48(43,44)19-14-40(13-15-41)33(2,3)4/h7-11,20-21,41-42H,12-19H2,1-6H3,(H2,35,36,37)/b39-38+. The second-order valence-electron chi connectivity index (χ2n) is 11.6. The van der Waals surface area contributed by atoms with Gasteiger partial charge in [0.2, 0.25) is 0 Å². The molecule has 0 aliphatic rings. The highest BCUT2D eigenvalue weighted by molar-refractivity contribution is 7.91. The number of methoxy groups -OCH3 is 2. The van der Waals surface area contributed by atoms with E-state index in [1.807, 2.05) is 56.0 Å². The third kappa shape index (κ3) is 10.1. The minimum Gasteiger partial charge on any atom is -0.495 e. The number of nitrogens with zero attached hydrogens (tertiary/aromatic N) is 5. The van der Waals surface area contributed by atoms with Crippen LogP contribution in [-0.2, 0) is 14.6 Å². The van der Waals surface area contributed by atoms with Crippen molar-refractivity contribution in [2.75, 3.05) is 76.7 Å². The Morgan fingerprint density at radius 3 is 2.29 bits per heavy atom. The van der Waals surface area contributed by atoms with Crippen molar-refractivity contribution < 1.29 is 32.8 Å². The van der Waals surface area contributed by atoms with Gasteiger partial charge in [-0.15, -0.1) is 10.2 Å². The Bertz CT molecular complexity index is 1690. The molecule has 0 fully saturated rings. The molecule has 0 atom stereocenters. The fourth-order valence-electron chi connectivity index (χ4n) is 4.76. The molecule has 15 heteroatoms. The third-order valence-corrected chi connectivity index (χ3v) is 9.05. The van der Waals surface area contributed by atoms with Crippen LogP contribution in [-0.4, -0.2) is 100 Å². The largest absolute Gasteiger partial charge is 0.495 e. The van der Waals surface area contributed by atoms with Crippen LogP contribution in [0.25, 0.3) is 0 Å². The number of aliphatic hydroxyl groups is 2. The summed E-state index contributed by atoms with van der Waals surface area (Å²) in [6.45, 7) is 8.76. The van der Waals surface area contributed by atoms with Gasteiger partial charge in [0.05, 0.1) is 52.0 Å². The Morgan fingerprint density at radius 1 is 0.979 bits per heavy atom. The molecule has 0 radical (unpaired) electrons. The summed E-state index contributed by atoms with van der Waals surface area (Å²) in [5.74, 6) is 0.627. The monoisotopic (exact) mass is 683 g/mol. The molecule has 3 rings (SSSR count). The Kier molecular flexibility index (Phi) is 14.1. The zero-order valence-electron chi connectivity index (χ0n) is 28.3. The predicted octanol–water partition coefficient (Wildman–Crippen LogP) is 4.73. The number of nitriles is 1. The first-order valence-electron chi connectivity index (χ1n) is 15.4. The van der Waals surface area contributed by atoms with Crippen LogP contribution in [0.1, 0.15) is 31.9 Å². The van der Waals surface area contributed by atoms with E-state index in [2.05, 4.69) is 31.9 Å². The molecule has 3 aromatic rings. The van der Waals surface area contributed by atoms with E-state index in [1.165, 1.54) is 26.4 Å². The molecule has 48 heavy (non-hydrogen) atoms. The van der Waals surface area contributed by atoms with E-state index in [1.54, 1.807) is 6.92 Å². The number of benzene rings is 2. The summed E-state index contributed by atoms with van der Waals surface area (Å²) in [4.78, 5) is 6.50. The van der Waals surface area contributed by atoms with Crippen molar-refractivity contribution in [2.24, 2.45) is 10.2 Å². The molecule has 0 saturated carbocycles. The van der Waals surface area contributed by atoms with Crippen molar-refractivity contribution in [1.82, 2.24) is 9.88 Å². The number of hydrogen-bond acceptors (Lipinski definition) is 14. The number of anilines is 3. The van der Waals surface area contributed by atoms with E-state index in [9.17, 15) is 18.8 Å². The van der Waals surface area contributed by atoms with E-state index in [0.29, 0.717) is 36.9 Å². The molecule has 0 aliphatic carbocycles. The first-order chi connectivity index (χ1) is 22.9. The van der Waals surface area contributed by atoms with Gasteiger partial charge in [0.15, 0.2) is 15.7 Å². The van der Waals surface area contributed by atoms with Crippen molar-refractivity contribution in [3.05, 3.63) is 53.6 Å². The molecule has 1 aromatic heterocycles. The highest BCUT2D eigenvalue weighted by atomic mass is 32.2. The zero-order valence-corrected chi connectivity index (χ0v) is 29.1. The third-order valence-electron chi connectivity index (χ3n) is 7.34. The maximum absolute atomic E-state index is 13.5. The number of β-amino-alcohol motifs (C(OH)–C–C–N with tert-alkyl or cyclic N) is 1. The molecule has 14 nitrogen and oxygen atoms in total. The number of aliphatic hydroxyl groups excluding tert-OH is 2. The van der Waals surface area contributed by atoms with Crippen molar-refractivity contribution in [2.45, 2.75) is 38.1 Å². The molecule has 2 aromatic carbocycles. The summed E-state index contributed by atoms with van der Waals surface area (Å²) in [5, 5.41) is 43.7. The maximum atomic E-state index is 13.5. The maximum Gasteiger partial charge on any atom is 0.183 e. The molecule has 0 spiro atoms. The number of hydrogen-bond donors (Lipinski definition) is 4. The van der Waals surface area contributed by atoms with Crippen LogP contribution in [0.4, 0.5) is 28.7 Å². The number of para-hydroxylation sites is 1. The Morgan fingerprint density at radius 2 is 1.69 bits per heavy atom. The van der Waals surface area contributed by atoms with E-state index < -0.39 is 9.84 Å². The van der Waals surface area contributed by atoms with Crippen molar-refractivity contribution in [3.63, 3.8) is 0 Å². The van der Waals surface area contributed by atoms with Crippen LogP contribution < -0.4 is 20.1 Å². The summed E-state index contributed by atoms with van der Waals surface area (Å²) in [6.07, 6.45) is 0. The van der Waals surface area contributed by atoms with Gasteiger partial charge in [0.1, 0.15) is 39.7 Å². The fraction of sp³-hybridized carbons (Fsp3) is 0.455. The quantitative estimate of drug-likeness (QED) is 0.107. The summed E-state index contributed by atoms with van der Waals surface area (Å²) in [5.41, 5.74) is 1.59. The molecular weight excluding hydrogens is 638 g/mol. The van der Waals surface area contributed by atoms with E-state index >= 15 is 0 Å². The van der Waals surface area contributed by atoms with Gasteiger partial charge in [0.25, 0.3) is 0 Å². The van der Waals surface area contributed by atoms with Gasteiger partial charge in [-0.1, -0.05) is 18.2 Å². The zero-order chi connectivity index (χ0) is 35.3. The number of rotatable bonds is 18. The van der Waals surface area contributed by atoms with Crippen molar-refractivity contribution >= 4 is 38.5 Å². The van der Waals surface area contributed by atoms with Gasteiger partial charge in [0, 0.05) is 48.6 Å². The van der Waals surface area contributed by atoms with E-state index in [0.717, 1.165) is 5.69 Å². The molecular formula is C33H45N7O7S. The van der Waals surface area contributed by atoms with Crippen LogP contribution in [0.3, 0.4) is 0 Å². The van der Waals surface area contributed by atoms with Crippen LogP contribution in [0.2, 0.25) is 0 Å². The highest BCUT2D eigenvalue weighted by Gasteiger charge is 2.27. The minimum atomic E-state index is -3.85. The average Bonchev–Trinajstić information content (AvgIpc) is 3.05. The predicted molar refractivity (Wildman–Crippen MR) is 184 cm³/mol. The Balaban J connectivity index is 2.05. The normalized spacial score (nSPS) is 11.9. The summed E-state index contributed by atoms with van der Waals surface area (Å²) < 4.78 is 43.5. The lowest BCUT2D eigenvalue weighted by atomic mass is 10.1. The Labute approximate surface area is 282 Å². The van der Waals surface area contributed by atoms with Gasteiger partial charge >= 0.3 is 0 Å². The number of aromatic nitrogens is 1. The molecule has 0 unspecified atom stereocenters. The smallest absolute Gasteiger partial charge is 0.183 e. The lowest BCUT2D eigenvalue weighted by Crippen LogP contribution is -2.45. The topological polar surface area (TPSA) is 191 Å². The molecule has 0 bridgehead atoms.